The third-order valence-corrected chi connectivity index (χ3v) is 3.64. The summed E-state index contributed by atoms with van der Waals surface area (Å²) in [5.74, 6) is 0.541. The Kier molecular flexibility index (Phi) is 4.66. The van der Waals surface area contributed by atoms with E-state index in [-0.39, 0.29) is 16.3 Å². The van der Waals surface area contributed by atoms with Crippen LogP contribution < -0.4 is 4.74 Å². The third-order valence-electron chi connectivity index (χ3n) is 2.43. The highest BCUT2D eigenvalue weighted by Crippen LogP contribution is 2.37. The van der Waals surface area contributed by atoms with E-state index >= 15 is 0 Å². The average Bonchev–Trinajstić information content (AvgIpc) is 2.42. The maximum absolute atomic E-state index is 11.1. The molecule has 2 aromatic rings. The number of rotatable bonds is 3. The first-order valence-corrected chi connectivity index (χ1v) is 6.91. The van der Waals surface area contributed by atoms with Crippen LogP contribution in [0.25, 0.3) is 0 Å². The van der Waals surface area contributed by atoms with E-state index in [9.17, 15) is 4.79 Å². The molecule has 0 fully saturated rings. The van der Waals surface area contributed by atoms with Crippen LogP contribution in [0.15, 0.2) is 34.8 Å². The average molecular weight is 371 g/mol. The maximum Gasteiger partial charge on any atom is 0.157 e. The second kappa shape index (κ2) is 6.27. The van der Waals surface area contributed by atoms with E-state index in [1.165, 1.54) is 18.2 Å². The van der Waals surface area contributed by atoms with Gasteiger partial charge in [0.25, 0.3) is 0 Å². The van der Waals surface area contributed by atoms with Crippen LogP contribution in [0.4, 0.5) is 0 Å². The van der Waals surface area contributed by atoms with Gasteiger partial charge in [0.05, 0.1) is 22.2 Å². The zero-order valence-corrected chi connectivity index (χ0v) is 13.0. The number of carbonyl (C=O) groups is 1. The summed E-state index contributed by atoms with van der Waals surface area (Å²) in [5.41, 5.74) is 0.641. The van der Waals surface area contributed by atoms with Gasteiger partial charge in [0.1, 0.15) is 5.75 Å². The molecule has 0 aliphatic heterocycles. The summed E-state index contributed by atoms with van der Waals surface area (Å²) < 4.78 is 6.17. The van der Waals surface area contributed by atoms with E-state index in [1.54, 1.807) is 12.1 Å². The Labute approximate surface area is 133 Å². The minimum Gasteiger partial charge on any atom is -0.455 e. The molecule has 0 aromatic heterocycles. The highest BCUT2D eigenvalue weighted by Gasteiger charge is 2.13. The van der Waals surface area contributed by atoms with Gasteiger partial charge < -0.3 is 4.74 Å². The topological polar surface area (TPSA) is 50.1 Å². The molecule has 0 bridgehead atoms. The van der Waals surface area contributed by atoms with Gasteiger partial charge in [0, 0.05) is 9.50 Å². The maximum atomic E-state index is 11.1. The predicted molar refractivity (Wildman–Crippen MR) is 80.8 cm³/mol. The van der Waals surface area contributed by atoms with Gasteiger partial charge in [0.2, 0.25) is 0 Å². The highest BCUT2D eigenvalue weighted by atomic mass is 79.9. The first-order chi connectivity index (χ1) is 9.55. The number of ether oxygens (including phenoxy) is 1. The van der Waals surface area contributed by atoms with Gasteiger partial charge in [-0.1, -0.05) is 23.2 Å². The summed E-state index contributed by atoms with van der Waals surface area (Å²) in [4.78, 5) is 11.1. The Morgan fingerprint density at radius 3 is 2.65 bits per heavy atom. The minimum atomic E-state index is 0.210. The SMILES string of the molecule is N#Cc1cc(Cl)cc(Oc2c(Cl)ccc(Br)c2C=O)c1. The van der Waals surface area contributed by atoms with Crippen molar-refractivity contribution in [2.75, 3.05) is 0 Å². The quantitative estimate of drug-likeness (QED) is 0.694. The van der Waals surface area contributed by atoms with Crippen molar-refractivity contribution in [3.8, 4) is 17.6 Å². The van der Waals surface area contributed by atoms with Gasteiger partial charge in [0.15, 0.2) is 12.0 Å². The molecule has 0 radical (unpaired) electrons. The van der Waals surface area contributed by atoms with Crippen LogP contribution in [0.5, 0.6) is 11.5 Å². The summed E-state index contributed by atoms with van der Waals surface area (Å²) in [6, 6.07) is 9.78. The van der Waals surface area contributed by atoms with E-state index < -0.39 is 0 Å². The molecule has 0 N–H and O–H groups in total. The van der Waals surface area contributed by atoms with Crippen LogP contribution in [-0.4, -0.2) is 6.29 Å². The number of hydrogen-bond acceptors (Lipinski definition) is 3. The second-order valence-corrected chi connectivity index (χ2v) is 5.48. The first kappa shape index (κ1) is 14.9. The molecule has 0 spiro atoms. The molecule has 0 saturated carbocycles. The zero-order valence-electron chi connectivity index (χ0n) is 9.86. The van der Waals surface area contributed by atoms with E-state index in [2.05, 4.69) is 15.9 Å². The van der Waals surface area contributed by atoms with Crippen LogP contribution in [0, 0.1) is 11.3 Å². The van der Waals surface area contributed by atoms with Crippen LogP contribution >= 0.6 is 39.1 Å². The van der Waals surface area contributed by atoms with Gasteiger partial charge in [-0.05, 0) is 46.3 Å². The molecule has 0 aliphatic carbocycles. The molecular formula is C14H6BrCl2NO2. The monoisotopic (exact) mass is 369 g/mol. The lowest BCUT2D eigenvalue weighted by Crippen LogP contribution is -1.93. The van der Waals surface area contributed by atoms with Crippen molar-refractivity contribution in [2.45, 2.75) is 0 Å². The molecule has 20 heavy (non-hydrogen) atoms. The van der Waals surface area contributed by atoms with Crippen molar-refractivity contribution >= 4 is 45.4 Å². The fourth-order valence-corrected chi connectivity index (χ4v) is 2.40. The number of nitriles is 1. The van der Waals surface area contributed by atoms with Crippen molar-refractivity contribution in [1.29, 1.82) is 5.26 Å². The number of aldehydes is 1. The van der Waals surface area contributed by atoms with E-state index in [0.717, 1.165) is 0 Å². The Morgan fingerprint density at radius 1 is 1.25 bits per heavy atom. The normalized spacial score (nSPS) is 9.90. The first-order valence-electron chi connectivity index (χ1n) is 5.37. The minimum absolute atomic E-state index is 0.210. The molecule has 0 atom stereocenters. The summed E-state index contributed by atoms with van der Waals surface area (Å²) in [7, 11) is 0. The third kappa shape index (κ3) is 3.13. The van der Waals surface area contributed by atoms with E-state index in [0.29, 0.717) is 27.1 Å². The Hall–Kier alpha value is -1.54. The molecule has 3 nitrogen and oxygen atoms in total. The van der Waals surface area contributed by atoms with Crippen LogP contribution in [0.1, 0.15) is 15.9 Å². The molecular weight excluding hydrogens is 365 g/mol. The molecule has 2 aromatic carbocycles. The molecule has 100 valence electrons. The molecule has 0 amide bonds. The fourth-order valence-electron chi connectivity index (χ4n) is 1.57. The van der Waals surface area contributed by atoms with Gasteiger partial charge >= 0.3 is 0 Å². The molecule has 6 heteroatoms. The Morgan fingerprint density at radius 2 is 2.00 bits per heavy atom. The van der Waals surface area contributed by atoms with Crippen LogP contribution in [0.2, 0.25) is 10.0 Å². The number of hydrogen-bond donors (Lipinski definition) is 0. The van der Waals surface area contributed by atoms with Crippen molar-refractivity contribution in [3.05, 3.63) is 56.0 Å². The summed E-state index contributed by atoms with van der Waals surface area (Å²) in [6.45, 7) is 0. The lowest BCUT2D eigenvalue weighted by Gasteiger charge is -2.11. The van der Waals surface area contributed by atoms with Gasteiger partial charge in [-0.15, -0.1) is 0 Å². The fraction of sp³-hybridized carbons (Fsp3) is 0. The Balaban J connectivity index is 2.50. The summed E-state index contributed by atoms with van der Waals surface area (Å²) >= 11 is 15.2. The standard InChI is InChI=1S/C14H6BrCl2NO2/c15-12-1-2-13(17)14(11(12)7-19)20-10-4-8(6-18)3-9(16)5-10/h1-5,7H. The van der Waals surface area contributed by atoms with E-state index in [4.69, 9.17) is 33.2 Å². The molecule has 0 heterocycles. The smallest absolute Gasteiger partial charge is 0.157 e. The lowest BCUT2D eigenvalue weighted by molar-refractivity contribution is 0.112. The van der Waals surface area contributed by atoms with Crippen molar-refractivity contribution in [3.63, 3.8) is 0 Å². The zero-order chi connectivity index (χ0) is 14.7. The van der Waals surface area contributed by atoms with E-state index in [1.807, 2.05) is 6.07 Å². The second-order valence-electron chi connectivity index (χ2n) is 3.78. The molecule has 2 rings (SSSR count). The van der Waals surface area contributed by atoms with Gasteiger partial charge in [-0.25, -0.2) is 0 Å². The number of benzene rings is 2. The van der Waals surface area contributed by atoms with Crippen molar-refractivity contribution in [1.82, 2.24) is 0 Å². The lowest BCUT2D eigenvalue weighted by atomic mass is 10.2. The number of halogens is 3. The molecule has 0 unspecified atom stereocenters. The largest absolute Gasteiger partial charge is 0.455 e. The summed E-state index contributed by atoms with van der Waals surface area (Å²) in [6.07, 6.45) is 0.640. The van der Waals surface area contributed by atoms with Gasteiger partial charge in [-0.3, -0.25) is 4.79 Å². The number of carbonyl (C=O) groups excluding carboxylic acids is 1. The Bertz CT molecular complexity index is 726. The van der Waals surface area contributed by atoms with Crippen molar-refractivity contribution in [2.24, 2.45) is 0 Å². The summed E-state index contributed by atoms with van der Waals surface area (Å²) in [5, 5.41) is 9.54. The van der Waals surface area contributed by atoms with Crippen LogP contribution in [0.3, 0.4) is 0 Å². The molecule has 0 saturated heterocycles. The predicted octanol–water partition coefficient (Wildman–Crippen LogP) is 5.23. The number of nitrogens with zero attached hydrogens (tertiary/aromatic N) is 1. The van der Waals surface area contributed by atoms with Crippen molar-refractivity contribution < 1.29 is 9.53 Å². The van der Waals surface area contributed by atoms with Gasteiger partial charge in [-0.2, -0.15) is 5.26 Å². The molecule has 0 aliphatic rings. The van der Waals surface area contributed by atoms with Crippen LogP contribution in [-0.2, 0) is 0 Å². The highest BCUT2D eigenvalue weighted by molar-refractivity contribution is 9.10.